The van der Waals surface area contributed by atoms with Crippen molar-refractivity contribution in [1.29, 1.82) is 0 Å². The minimum absolute atomic E-state index is 0.0341. The van der Waals surface area contributed by atoms with E-state index in [-0.39, 0.29) is 29.6 Å². The Hall–Kier alpha value is -1.39. The number of nitrogens with zero attached hydrogens (tertiary/aromatic N) is 1. The molecular weight excluding hydrogens is 314 g/mol. The number of fused-ring (bicyclic) bond motifs is 2. The third kappa shape index (κ3) is 2.80. The van der Waals surface area contributed by atoms with Crippen LogP contribution >= 0.6 is 0 Å². The molecule has 0 aromatic rings. The van der Waals surface area contributed by atoms with Crippen LogP contribution in [-0.4, -0.2) is 42.8 Å². The van der Waals surface area contributed by atoms with E-state index in [1.165, 1.54) is 11.1 Å². The van der Waals surface area contributed by atoms with E-state index in [1.807, 2.05) is 20.9 Å². The highest BCUT2D eigenvalue weighted by atomic mass is 16.5. The summed E-state index contributed by atoms with van der Waals surface area (Å²) in [6.07, 6.45) is 5.44. The molecule has 0 aromatic heterocycles. The lowest BCUT2D eigenvalue weighted by Crippen LogP contribution is -2.49. The SMILES string of the molecule is CCO[C@H]1[C@H](OC(C)C)C=C2C=C3C(=C(C)C(=O)N3C)C[C@]2(C)[C@H]1C. The van der Waals surface area contributed by atoms with E-state index in [1.54, 1.807) is 4.90 Å². The molecule has 2 aliphatic carbocycles. The first kappa shape index (κ1) is 18.4. The number of ether oxygens (including phenoxy) is 2. The van der Waals surface area contributed by atoms with E-state index >= 15 is 0 Å². The van der Waals surface area contributed by atoms with Gasteiger partial charge in [0.05, 0.1) is 12.2 Å². The Kier molecular flexibility index (Phi) is 4.71. The average Bonchev–Trinajstić information content (AvgIpc) is 2.74. The average molecular weight is 345 g/mol. The Morgan fingerprint density at radius 3 is 2.68 bits per heavy atom. The van der Waals surface area contributed by atoms with E-state index in [0.717, 1.165) is 17.7 Å². The highest BCUT2D eigenvalue weighted by Crippen LogP contribution is 2.54. The van der Waals surface area contributed by atoms with Crippen molar-refractivity contribution < 1.29 is 14.3 Å². The molecule has 0 unspecified atom stereocenters. The molecule has 1 heterocycles. The van der Waals surface area contributed by atoms with E-state index < -0.39 is 0 Å². The van der Waals surface area contributed by atoms with Gasteiger partial charge in [0, 0.05) is 30.3 Å². The number of hydrogen-bond acceptors (Lipinski definition) is 3. The van der Waals surface area contributed by atoms with Crippen LogP contribution in [0.4, 0.5) is 0 Å². The fraction of sp³-hybridized carbons (Fsp3) is 0.667. The molecule has 0 saturated carbocycles. The topological polar surface area (TPSA) is 38.8 Å². The maximum absolute atomic E-state index is 12.4. The Balaban J connectivity index is 2.09. The van der Waals surface area contributed by atoms with Crippen molar-refractivity contribution in [3.05, 3.63) is 34.6 Å². The van der Waals surface area contributed by atoms with Crippen molar-refractivity contribution in [2.24, 2.45) is 11.3 Å². The van der Waals surface area contributed by atoms with Crippen LogP contribution in [0.3, 0.4) is 0 Å². The van der Waals surface area contributed by atoms with Crippen molar-refractivity contribution in [3.8, 4) is 0 Å². The largest absolute Gasteiger partial charge is 0.375 e. The second-order valence-corrected chi connectivity index (χ2v) is 8.07. The molecule has 3 rings (SSSR count). The molecule has 4 heteroatoms. The normalized spacial score (nSPS) is 35.0. The van der Waals surface area contributed by atoms with E-state index in [2.05, 4.69) is 39.8 Å². The first-order valence-electron chi connectivity index (χ1n) is 9.40. The maximum Gasteiger partial charge on any atom is 0.254 e. The second kappa shape index (κ2) is 6.40. The fourth-order valence-electron chi connectivity index (χ4n) is 4.52. The number of rotatable bonds is 4. The zero-order valence-corrected chi connectivity index (χ0v) is 16.6. The summed E-state index contributed by atoms with van der Waals surface area (Å²) in [5.41, 5.74) is 4.36. The summed E-state index contributed by atoms with van der Waals surface area (Å²) in [7, 11) is 1.87. The third-order valence-corrected chi connectivity index (χ3v) is 6.20. The quantitative estimate of drug-likeness (QED) is 0.777. The van der Waals surface area contributed by atoms with Crippen molar-refractivity contribution >= 4 is 5.91 Å². The predicted molar refractivity (Wildman–Crippen MR) is 98.9 cm³/mol. The van der Waals surface area contributed by atoms with E-state index in [0.29, 0.717) is 12.5 Å². The summed E-state index contributed by atoms with van der Waals surface area (Å²) < 4.78 is 12.3. The Morgan fingerprint density at radius 2 is 2.08 bits per heavy atom. The molecule has 25 heavy (non-hydrogen) atoms. The second-order valence-electron chi connectivity index (χ2n) is 8.07. The van der Waals surface area contributed by atoms with Gasteiger partial charge in [0.2, 0.25) is 0 Å². The molecule has 0 radical (unpaired) electrons. The molecule has 138 valence electrons. The third-order valence-electron chi connectivity index (χ3n) is 6.20. The number of hydrogen-bond donors (Lipinski definition) is 0. The molecular formula is C21H31NO3. The Morgan fingerprint density at radius 1 is 1.40 bits per heavy atom. The van der Waals surface area contributed by atoms with E-state index in [9.17, 15) is 4.79 Å². The predicted octanol–water partition coefficient (Wildman–Crippen LogP) is 3.84. The van der Waals surface area contributed by atoms with E-state index in [4.69, 9.17) is 9.47 Å². The van der Waals surface area contributed by atoms with Gasteiger partial charge >= 0.3 is 0 Å². The van der Waals surface area contributed by atoms with Gasteiger partial charge in [0.15, 0.2) is 0 Å². The summed E-state index contributed by atoms with van der Waals surface area (Å²) in [4.78, 5) is 14.2. The molecule has 0 saturated heterocycles. The van der Waals surface area contributed by atoms with Gasteiger partial charge in [-0.25, -0.2) is 0 Å². The molecule has 1 amide bonds. The van der Waals surface area contributed by atoms with Gasteiger partial charge in [-0.3, -0.25) is 4.79 Å². The molecule has 0 spiro atoms. The number of amides is 1. The zero-order valence-electron chi connectivity index (χ0n) is 16.6. The Bertz CT molecular complexity index is 673. The summed E-state index contributed by atoms with van der Waals surface area (Å²) in [6, 6.07) is 0. The van der Waals surface area contributed by atoms with Crippen molar-refractivity contribution in [1.82, 2.24) is 4.90 Å². The van der Waals surface area contributed by atoms with Gasteiger partial charge in [0.1, 0.15) is 6.10 Å². The molecule has 0 bridgehead atoms. The van der Waals surface area contributed by atoms with Gasteiger partial charge in [-0.05, 0) is 63.3 Å². The molecule has 1 aliphatic heterocycles. The minimum Gasteiger partial charge on any atom is -0.375 e. The van der Waals surface area contributed by atoms with Crippen molar-refractivity contribution in [3.63, 3.8) is 0 Å². The smallest absolute Gasteiger partial charge is 0.254 e. The van der Waals surface area contributed by atoms with Gasteiger partial charge in [-0.2, -0.15) is 0 Å². The lowest BCUT2D eigenvalue weighted by molar-refractivity contribution is -0.123. The fourth-order valence-corrected chi connectivity index (χ4v) is 4.52. The number of allylic oxidation sites excluding steroid dienone is 3. The molecule has 3 aliphatic rings. The number of likely N-dealkylation sites (N-methyl/N-ethyl adjacent to an activating group) is 1. The van der Waals surface area contributed by atoms with Crippen LogP contribution in [0.2, 0.25) is 0 Å². The van der Waals surface area contributed by atoms with Gasteiger partial charge in [-0.15, -0.1) is 0 Å². The molecule has 0 aromatic carbocycles. The van der Waals surface area contributed by atoms with Gasteiger partial charge in [0.25, 0.3) is 5.91 Å². The highest BCUT2D eigenvalue weighted by molar-refractivity contribution is 6.00. The van der Waals surface area contributed by atoms with Crippen LogP contribution in [0, 0.1) is 11.3 Å². The van der Waals surface area contributed by atoms with Gasteiger partial charge in [-0.1, -0.05) is 13.8 Å². The number of carbonyl (C=O) groups excluding carboxylic acids is 1. The summed E-state index contributed by atoms with van der Waals surface area (Å²) in [6.45, 7) is 13.4. The monoisotopic (exact) mass is 345 g/mol. The maximum atomic E-state index is 12.4. The lowest BCUT2D eigenvalue weighted by Gasteiger charge is -2.49. The van der Waals surface area contributed by atoms with Crippen LogP contribution in [0.5, 0.6) is 0 Å². The van der Waals surface area contributed by atoms with Crippen LogP contribution in [0.1, 0.15) is 48.0 Å². The van der Waals surface area contributed by atoms with Crippen LogP contribution < -0.4 is 0 Å². The van der Waals surface area contributed by atoms with Crippen molar-refractivity contribution in [2.45, 2.75) is 66.3 Å². The summed E-state index contributed by atoms with van der Waals surface area (Å²) >= 11 is 0. The van der Waals surface area contributed by atoms with Crippen molar-refractivity contribution in [2.75, 3.05) is 13.7 Å². The highest BCUT2D eigenvalue weighted by Gasteiger charge is 2.50. The first-order valence-corrected chi connectivity index (χ1v) is 9.40. The first-order chi connectivity index (χ1) is 11.7. The Labute approximate surface area is 151 Å². The van der Waals surface area contributed by atoms with Gasteiger partial charge < -0.3 is 14.4 Å². The molecule has 4 atom stereocenters. The van der Waals surface area contributed by atoms with Crippen LogP contribution in [0.15, 0.2) is 34.6 Å². The minimum atomic E-state index is -0.0519. The van der Waals surface area contributed by atoms with Crippen LogP contribution in [-0.2, 0) is 14.3 Å². The molecule has 0 N–H and O–H groups in total. The zero-order chi connectivity index (χ0) is 18.5. The lowest BCUT2D eigenvalue weighted by atomic mass is 9.59. The summed E-state index contributed by atoms with van der Waals surface area (Å²) in [5.74, 6) is 0.420. The molecule has 0 fully saturated rings. The number of carbonyl (C=O) groups is 1. The molecule has 4 nitrogen and oxygen atoms in total. The van der Waals surface area contributed by atoms with Crippen LogP contribution in [0.25, 0.3) is 0 Å². The summed E-state index contributed by atoms with van der Waals surface area (Å²) in [5, 5.41) is 0. The standard InChI is InChI=1S/C21H31NO3/c1-8-24-19-14(5)21(6)11-16-13(4)20(23)22(7)17(16)9-15(21)10-18(19)25-12(2)3/h9-10,12,14,18-19H,8,11H2,1-7H3/t14-,18+,19+,21+/m0/s1.